The second-order valence-electron chi connectivity index (χ2n) is 8.83. The molecule has 1 N–H and O–H groups in total. The van der Waals surface area contributed by atoms with Crippen LogP contribution in [0.15, 0.2) is 27.4 Å². The number of carbonyl (C=O) groups is 3. The summed E-state index contributed by atoms with van der Waals surface area (Å²) in [5.74, 6) is -0.701. The molecule has 4 rings (SSSR count). The summed E-state index contributed by atoms with van der Waals surface area (Å²) in [5.41, 5.74) is 2.01. The second-order valence-corrected chi connectivity index (χ2v) is 9.26. The summed E-state index contributed by atoms with van der Waals surface area (Å²) in [6, 6.07) is 4.26. The molecule has 1 aliphatic heterocycles. The van der Waals surface area contributed by atoms with Crippen molar-refractivity contribution >= 4 is 40.7 Å². The van der Waals surface area contributed by atoms with Crippen LogP contribution in [-0.4, -0.2) is 46.8 Å². The molecule has 1 unspecified atom stereocenters. The van der Waals surface area contributed by atoms with E-state index in [9.17, 15) is 19.2 Å². The molecule has 1 aromatic heterocycles. The Morgan fingerprint density at radius 1 is 1.23 bits per heavy atom. The number of fused-ring (bicyclic) bond motifs is 2. The van der Waals surface area contributed by atoms with Gasteiger partial charge in [0.05, 0.1) is 23.7 Å². The van der Waals surface area contributed by atoms with Crippen LogP contribution in [0.5, 0.6) is 0 Å². The Balaban J connectivity index is 1.90. The molecule has 188 valence electrons. The fourth-order valence-corrected chi connectivity index (χ4v) is 4.83. The highest BCUT2D eigenvalue weighted by Gasteiger charge is 2.50. The summed E-state index contributed by atoms with van der Waals surface area (Å²) in [4.78, 5) is 54.4. The van der Waals surface area contributed by atoms with Crippen LogP contribution in [0.2, 0.25) is 5.02 Å². The number of rotatable bonds is 4. The molecule has 35 heavy (non-hydrogen) atoms. The third-order valence-electron chi connectivity index (χ3n) is 6.07. The smallest absolute Gasteiger partial charge is 0.431 e. The summed E-state index contributed by atoms with van der Waals surface area (Å²) >= 11 is 6.11. The van der Waals surface area contributed by atoms with Gasteiger partial charge in [-0.25, -0.2) is 15.0 Å². The number of halogens is 1. The summed E-state index contributed by atoms with van der Waals surface area (Å²) < 4.78 is 16.2. The maximum Gasteiger partial charge on any atom is 0.431 e. The van der Waals surface area contributed by atoms with Gasteiger partial charge in [0.1, 0.15) is 5.58 Å². The first-order valence-electron chi connectivity index (χ1n) is 11.7. The molecule has 1 aromatic carbocycles. The van der Waals surface area contributed by atoms with Crippen molar-refractivity contribution in [3.8, 4) is 0 Å². The molecule has 2 aromatic rings. The molecule has 0 spiro atoms. The summed E-state index contributed by atoms with van der Waals surface area (Å²) in [5, 5.41) is 1.32. The van der Waals surface area contributed by atoms with Crippen molar-refractivity contribution < 1.29 is 28.3 Å². The molecule has 1 fully saturated rings. The van der Waals surface area contributed by atoms with Crippen molar-refractivity contribution in [1.82, 2.24) is 15.3 Å². The van der Waals surface area contributed by atoms with Gasteiger partial charge in [-0.15, -0.1) is 0 Å². The normalized spacial score (nSPS) is 18.0. The van der Waals surface area contributed by atoms with Gasteiger partial charge in [-0.2, -0.15) is 5.01 Å². The van der Waals surface area contributed by atoms with Crippen LogP contribution in [0.3, 0.4) is 0 Å². The molecular formula is C24H28ClN3O7. The fraction of sp³-hybridized carbons (Fsp3) is 0.500. The monoisotopic (exact) mass is 505 g/mol. The maximum absolute atomic E-state index is 13.7. The number of hydrogen-bond acceptors (Lipinski definition) is 7. The van der Waals surface area contributed by atoms with Crippen molar-refractivity contribution in [3.05, 3.63) is 44.8 Å². The van der Waals surface area contributed by atoms with Gasteiger partial charge in [0, 0.05) is 11.1 Å². The molecule has 11 heteroatoms. The lowest BCUT2D eigenvalue weighted by Crippen LogP contribution is -2.55. The number of carbonyl (C=O) groups excluding carboxylic acids is 3. The van der Waals surface area contributed by atoms with Gasteiger partial charge in [0.2, 0.25) is 11.2 Å². The zero-order valence-corrected chi connectivity index (χ0v) is 20.6. The molecule has 0 saturated heterocycles. The SMILES string of the molecule is CCOC(=O)N(NC(=O)OC(C)C)C1c2c(oc3ccc(Cl)cc3c2=O)C(=O)N1C1CCCCC1. The number of hydrazine groups is 1. The molecule has 2 aliphatic rings. The highest BCUT2D eigenvalue weighted by molar-refractivity contribution is 6.31. The van der Waals surface area contributed by atoms with E-state index in [0.29, 0.717) is 17.9 Å². The molecule has 0 radical (unpaired) electrons. The number of ether oxygens (including phenoxy) is 2. The molecule has 1 saturated carbocycles. The average molecular weight is 506 g/mol. The van der Waals surface area contributed by atoms with Gasteiger partial charge in [-0.3, -0.25) is 9.59 Å². The van der Waals surface area contributed by atoms with E-state index in [1.165, 1.54) is 17.0 Å². The lowest BCUT2D eigenvalue weighted by Gasteiger charge is -2.39. The first-order chi connectivity index (χ1) is 16.7. The Labute approximate surface area is 207 Å². The number of benzene rings is 1. The predicted octanol–water partition coefficient (Wildman–Crippen LogP) is 4.74. The zero-order valence-electron chi connectivity index (χ0n) is 19.8. The Hall–Kier alpha value is -3.27. The van der Waals surface area contributed by atoms with Crippen LogP contribution in [0, 0.1) is 0 Å². The van der Waals surface area contributed by atoms with Gasteiger partial charge in [-0.1, -0.05) is 30.9 Å². The van der Waals surface area contributed by atoms with E-state index < -0.39 is 35.8 Å². The van der Waals surface area contributed by atoms with E-state index in [0.717, 1.165) is 24.3 Å². The van der Waals surface area contributed by atoms with E-state index >= 15 is 0 Å². The largest absolute Gasteiger partial charge is 0.450 e. The molecule has 1 aliphatic carbocycles. The van der Waals surface area contributed by atoms with E-state index in [2.05, 4.69) is 5.43 Å². The van der Waals surface area contributed by atoms with Gasteiger partial charge in [0.15, 0.2) is 6.17 Å². The van der Waals surface area contributed by atoms with E-state index in [1.807, 2.05) is 0 Å². The Kier molecular flexibility index (Phi) is 7.20. The first-order valence-corrected chi connectivity index (χ1v) is 12.1. The molecular weight excluding hydrogens is 478 g/mol. The summed E-state index contributed by atoms with van der Waals surface area (Å²) in [7, 11) is 0. The van der Waals surface area contributed by atoms with Crippen molar-refractivity contribution in [2.45, 2.75) is 71.2 Å². The Morgan fingerprint density at radius 3 is 2.60 bits per heavy atom. The number of nitrogens with one attached hydrogen (secondary N) is 1. The highest BCUT2D eigenvalue weighted by Crippen LogP contribution is 2.40. The number of nitrogens with zero attached hydrogens (tertiary/aromatic N) is 2. The van der Waals surface area contributed by atoms with Gasteiger partial charge in [-0.05, 0) is 51.8 Å². The summed E-state index contributed by atoms with van der Waals surface area (Å²) in [6.45, 7) is 4.93. The quantitative estimate of drug-likeness (QED) is 0.596. The molecule has 3 amide bonds. The lowest BCUT2D eigenvalue weighted by molar-refractivity contribution is -0.0128. The molecule has 2 heterocycles. The third-order valence-corrected chi connectivity index (χ3v) is 6.30. The first kappa shape index (κ1) is 24.8. The molecule has 0 bridgehead atoms. The molecule has 10 nitrogen and oxygen atoms in total. The highest BCUT2D eigenvalue weighted by atomic mass is 35.5. The standard InChI is InChI=1S/C24H28ClN3O7/c1-4-33-24(32)28(26-23(31)34-13(2)3)21-18-19(29)16-12-14(25)10-11-17(16)35-20(18)22(30)27(21)15-8-6-5-7-9-15/h10-13,15,21H,4-9H2,1-3H3,(H,26,31). The maximum atomic E-state index is 13.7. The second kappa shape index (κ2) is 10.2. The minimum atomic E-state index is -1.28. The minimum absolute atomic E-state index is 0.00906. The van der Waals surface area contributed by atoms with Crippen LogP contribution in [0.1, 0.15) is 75.2 Å². The third kappa shape index (κ3) is 4.80. The number of amides is 3. The van der Waals surface area contributed by atoms with E-state index in [4.69, 9.17) is 25.5 Å². The van der Waals surface area contributed by atoms with Gasteiger partial charge in [0.25, 0.3) is 5.91 Å². The fourth-order valence-electron chi connectivity index (χ4n) is 4.66. The van der Waals surface area contributed by atoms with Crippen LogP contribution in [0.4, 0.5) is 9.59 Å². The van der Waals surface area contributed by atoms with Crippen LogP contribution in [0.25, 0.3) is 11.0 Å². The van der Waals surface area contributed by atoms with E-state index in [-0.39, 0.29) is 34.9 Å². The Bertz CT molecular complexity index is 1210. The van der Waals surface area contributed by atoms with Gasteiger partial charge >= 0.3 is 12.2 Å². The topological polar surface area (TPSA) is 118 Å². The zero-order chi connectivity index (χ0) is 25.3. The van der Waals surface area contributed by atoms with Crippen molar-refractivity contribution in [3.63, 3.8) is 0 Å². The van der Waals surface area contributed by atoms with E-state index in [1.54, 1.807) is 26.8 Å². The van der Waals surface area contributed by atoms with Crippen LogP contribution < -0.4 is 10.9 Å². The van der Waals surface area contributed by atoms with Crippen molar-refractivity contribution in [2.24, 2.45) is 0 Å². The van der Waals surface area contributed by atoms with Gasteiger partial charge < -0.3 is 18.8 Å². The van der Waals surface area contributed by atoms with Crippen LogP contribution >= 0.6 is 11.6 Å². The summed E-state index contributed by atoms with van der Waals surface area (Å²) in [6.07, 6.45) is 0.552. The number of hydrogen-bond donors (Lipinski definition) is 1. The van der Waals surface area contributed by atoms with Crippen molar-refractivity contribution in [2.75, 3.05) is 6.61 Å². The lowest BCUT2D eigenvalue weighted by atomic mass is 9.94. The minimum Gasteiger partial charge on any atom is -0.450 e. The van der Waals surface area contributed by atoms with Crippen molar-refractivity contribution in [1.29, 1.82) is 0 Å². The Morgan fingerprint density at radius 2 is 1.94 bits per heavy atom. The average Bonchev–Trinajstić information content (AvgIpc) is 3.10. The molecule has 1 atom stereocenters. The predicted molar refractivity (Wildman–Crippen MR) is 127 cm³/mol. The van der Waals surface area contributed by atoms with Crippen LogP contribution in [-0.2, 0) is 9.47 Å².